The fraction of sp³-hybridized carbons (Fsp3) is 0.846. The first-order valence-electron chi connectivity index (χ1n) is 6.56. The van der Waals surface area contributed by atoms with Gasteiger partial charge in [0.25, 0.3) is 0 Å². The summed E-state index contributed by atoms with van der Waals surface area (Å²) in [6.07, 6.45) is 0.856. The highest BCUT2D eigenvalue weighted by Crippen LogP contribution is 2.23. The molecule has 0 aromatic heterocycles. The second kappa shape index (κ2) is 5.26. The van der Waals surface area contributed by atoms with Crippen molar-refractivity contribution >= 4 is 11.8 Å². The molecule has 5 heteroatoms. The molecule has 2 amide bonds. The van der Waals surface area contributed by atoms with Crippen LogP contribution in [0.3, 0.4) is 0 Å². The highest BCUT2D eigenvalue weighted by Gasteiger charge is 2.44. The fourth-order valence-corrected chi connectivity index (χ4v) is 2.28. The minimum atomic E-state index is -0.796. The maximum Gasteiger partial charge on any atom is 0.247 e. The van der Waals surface area contributed by atoms with E-state index in [1.165, 1.54) is 0 Å². The van der Waals surface area contributed by atoms with E-state index in [0.717, 1.165) is 6.42 Å². The van der Waals surface area contributed by atoms with Gasteiger partial charge in [0, 0.05) is 20.1 Å². The second-order valence-electron chi connectivity index (χ2n) is 5.69. The van der Waals surface area contributed by atoms with Crippen LogP contribution in [0.5, 0.6) is 0 Å². The molecule has 2 N–H and O–H groups in total. The first-order valence-corrected chi connectivity index (χ1v) is 6.56. The molecule has 1 saturated heterocycles. The van der Waals surface area contributed by atoms with Crippen molar-refractivity contribution in [3.63, 3.8) is 0 Å². The number of likely N-dealkylation sites (N-methyl/N-ethyl adjacent to an activating group) is 1. The summed E-state index contributed by atoms with van der Waals surface area (Å²) in [5.74, 6) is -0.0164. The Hall–Kier alpha value is -1.10. The molecule has 5 nitrogen and oxygen atoms in total. The summed E-state index contributed by atoms with van der Waals surface area (Å²) in [7, 11) is 1.76. The second-order valence-corrected chi connectivity index (χ2v) is 5.69. The Kier molecular flexibility index (Phi) is 4.37. The van der Waals surface area contributed by atoms with Gasteiger partial charge in [-0.25, -0.2) is 0 Å². The number of carbonyl (C=O) groups is 2. The van der Waals surface area contributed by atoms with Crippen LogP contribution in [0.4, 0.5) is 0 Å². The van der Waals surface area contributed by atoms with Gasteiger partial charge >= 0.3 is 0 Å². The van der Waals surface area contributed by atoms with Gasteiger partial charge in [0.05, 0.1) is 6.04 Å². The monoisotopic (exact) mass is 255 g/mol. The lowest BCUT2D eigenvalue weighted by atomic mass is 9.93. The molecule has 0 spiro atoms. The Balaban J connectivity index is 2.89. The molecule has 2 atom stereocenters. The van der Waals surface area contributed by atoms with Gasteiger partial charge in [0.2, 0.25) is 11.8 Å². The molecular formula is C13H25N3O2. The number of hydrogen-bond acceptors (Lipinski definition) is 3. The van der Waals surface area contributed by atoms with Gasteiger partial charge in [-0.2, -0.15) is 0 Å². The van der Waals surface area contributed by atoms with E-state index in [0.29, 0.717) is 13.1 Å². The molecule has 1 fully saturated rings. The summed E-state index contributed by atoms with van der Waals surface area (Å²) in [5, 5.41) is 0. The third-order valence-electron chi connectivity index (χ3n) is 4.01. The van der Waals surface area contributed by atoms with Gasteiger partial charge in [-0.3, -0.25) is 9.59 Å². The molecule has 0 aliphatic carbocycles. The van der Waals surface area contributed by atoms with Crippen molar-refractivity contribution in [2.75, 3.05) is 20.1 Å². The Morgan fingerprint density at radius 3 is 2.50 bits per heavy atom. The molecule has 1 aliphatic heterocycles. The number of rotatable bonds is 3. The smallest absolute Gasteiger partial charge is 0.247 e. The summed E-state index contributed by atoms with van der Waals surface area (Å²) >= 11 is 0. The summed E-state index contributed by atoms with van der Waals surface area (Å²) < 4.78 is 0. The number of nitrogens with two attached hydrogens (primary N) is 1. The third-order valence-corrected chi connectivity index (χ3v) is 4.01. The topological polar surface area (TPSA) is 66.6 Å². The first kappa shape index (κ1) is 15.0. The van der Waals surface area contributed by atoms with Crippen molar-refractivity contribution in [1.82, 2.24) is 9.80 Å². The predicted molar refractivity (Wildman–Crippen MR) is 70.9 cm³/mol. The van der Waals surface area contributed by atoms with Crippen molar-refractivity contribution < 1.29 is 9.59 Å². The van der Waals surface area contributed by atoms with E-state index in [2.05, 4.69) is 0 Å². The number of nitrogens with zero attached hydrogens (tertiary/aromatic N) is 2. The number of hydrogen-bond donors (Lipinski definition) is 1. The maximum absolute atomic E-state index is 12.4. The normalized spacial score (nSPS) is 22.9. The molecule has 0 radical (unpaired) electrons. The average molecular weight is 255 g/mol. The molecule has 0 bridgehead atoms. The average Bonchev–Trinajstić information content (AvgIpc) is 2.33. The molecule has 0 saturated carbocycles. The third kappa shape index (κ3) is 2.51. The SMILES string of the molecule is CC[C@H](C)[C@H](N)C(=O)N1CCN(C)C(=O)C1(C)C. The Bertz CT molecular complexity index is 341. The Morgan fingerprint density at radius 1 is 1.44 bits per heavy atom. The number of piperazine rings is 1. The Morgan fingerprint density at radius 2 is 2.00 bits per heavy atom. The molecule has 1 heterocycles. The molecule has 0 unspecified atom stereocenters. The van der Waals surface area contributed by atoms with Gasteiger partial charge in [0.1, 0.15) is 5.54 Å². The van der Waals surface area contributed by atoms with Gasteiger partial charge in [-0.1, -0.05) is 20.3 Å². The molecular weight excluding hydrogens is 230 g/mol. The van der Waals surface area contributed by atoms with Gasteiger partial charge < -0.3 is 15.5 Å². The van der Waals surface area contributed by atoms with Crippen molar-refractivity contribution in [3.05, 3.63) is 0 Å². The van der Waals surface area contributed by atoms with Crippen LogP contribution in [-0.2, 0) is 9.59 Å². The highest BCUT2D eigenvalue weighted by atomic mass is 16.2. The van der Waals surface area contributed by atoms with Gasteiger partial charge in [0.15, 0.2) is 0 Å². The minimum Gasteiger partial charge on any atom is -0.342 e. The zero-order valence-corrected chi connectivity index (χ0v) is 12.1. The lowest BCUT2D eigenvalue weighted by molar-refractivity contribution is -0.158. The number of carbonyl (C=O) groups excluding carboxylic acids is 2. The fourth-order valence-electron chi connectivity index (χ4n) is 2.28. The van der Waals surface area contributed by atoms with Crippen LogP contribution in [0.2, 0.25) is 0 Å². The van der Waals surface area contributed by atoms with Crippen LogP contribution in [-0.4, -0.2) is 53.3 Å². The quantitative estimate of drug-likeness (QED) is 0.795. The molecule has 0 aromatic rings. The highest BCUT2D eigenvalue weighted by molar-refractivity contribution is 5.93. The summed E-state index contributed by atoms with van der Waals surface area (Å²) in [6.45, 7) is 8.67. The zero-order chi connectivity index (χ0) is 14.1. The summed E-state index contributed by atoms with van der Waals surface area (Å²) in [6, 6.07) is -0.523. The van der Waals surface area contributed by atoms with Crippen molar-refractivity contribution in [3.8, 4) is 0 Å². The van der Waals surface area contributed by atoms with E-state index >= 15 is 0 Å². The maximum atomic E-state index is 12.4. The van der Waals surface area contributed by atoms with Gasteiger partial charge in [-0.05, 0) is 19.8 Å². The lowest BCUT2D eigenvalue weighted by Gasteiger charge is -2.46. The summed E-state index contributed by atoms with van der Waals surface area (Å²) in [4.78, 5) is 27.8. The van der Waals surface area contributed by atoms with E-state index in [9.17, 15) is 9.59 Å². The standard InChI is InChI=1S/C13H25N3O2/c1-6-9(2)10(14)11(17)16-8-7-15(5)12(18)13(16,3)4/h9-10H,6-8,14H2,1-5H3/t9-,10-/m0/s1. The van der Waals surface area contributed by atoms with Crippen molar-refractivity contribution in [1.29, 1.82) is 0 Å². The van der Waals surface area contributed by atoms with Crippen LogP contribution in [0.15, 0.2) is 0 Å². The lowest BCUT2D eigenvalue weighted by Crippen LogP contribution is -2.66. The first-order chi connectivity index (χ1) is 8.23. The molecule has 18 heavy (non-hydrogen) atoms. The predicted octanol–water partition coefficient (Wildman–Crippen LogP) is 0.439. The van der Waals surface area contributed by atoms with Crippen LogP contribution >= 0.6 is 0 Å². The van der Waals surface area contributed by atoms with Crippen LogP contribution in [0, 0.1) is 5.92 Å². The molecule has 104 valence electrons. The zero-order valence-electron chi connectivity index (χ0n) is 12.1. The molecule has 1 rings (SSSR count). The van der Waals surface area contributed by atoms with E-state index in [4.69, 9.17) is 5.73 Å². The van der Waals surface area contributed by atoms with Gasteiger partial charge in [-0.15, -0.1) is 0 Å². The largest absolute Gasteiger partial charge is 0.342 e. The van der Waals surface area contributed by atoms with E-state index < -0.39 is 11.6 Å². The van der Waals surface area contributed by atoms with Crippen LogP contribution < -0.4 is 5.73 Å². The Labute approximate surface area is 109 Å². The van der Waals surface area contributed by atoms with Crippen LogP contribution in [0.1, 0.15) is 34.1 Å². The van der Waals surface area contributed by atoms with Crippen molar-refractivity contribution in [2.24, 2.45) is 11.7 Å². The van der Waals surface area contributed by atoms with Crippen molar-refractivity contribution in [2.45, 2.75) is 45.7 Å². The van der Waals surface area contributed by atoms with E-state index in [1.807, 2.05) is 13.8 Å². The minimum absolute atomic E-state index is 0.0292. The molecule has 1 aliphatic rings. The van der Waals surface area contributed by atoms with E-state index in [-0.39, 0.29) is 17.7 Å². The van der Waals surface area contributed by atoms with E-state index in [1.54, 1.807) is 30.7 Å². The van der Waals surface area contributed by atoms with Crippen LogP contribution in [0.25, 0.3) is 0 Å². The summed E-state index contributed by atoms with van der Waals surface area (Å²) in [5.41, 5.74) is 5.19. The molecule has 0 aromatic carbocycles. The number of amides is 2.